The molecule has 0 aliphatic heterocycles. The van der Waals surface area contributed by atoms with Crippen LogP contribution in [0.25, 0.3) is 0 Å². The molecule has 1 aromatic rings. The zero-order chi connectivity index (χ0) is 7.40. The Morgan fingerprint density at radius 3 is 2.40 bits per heavy atom. The molecule has 0 bridgehead atoms. The third-order valence-electron chi connectivity index (χ3n) is 1.10. The second-order valence-corrected chi connectivity index (χ2v) is 1.70. The van der Waals surface area contributed by atoms with Crippen molar-refractivity contribution in [2.24, 2.45) is 0 Å². The van der Waals surface area contributed by atoms with Crippen LogP contribution in [0.3, 0.4) is 0 Å². The van der Waals surface area contributed by atoms with Gasteiger partial charge in [-0.3, -0.25) is 0 Å². The van der Waals surface area contributed by atoms with E-state index in [1.165, 1.54) is 6.07 Å². The lowest BCUT2D eigenvalue weighted by atomic mass is 10.1. The first-order valence-electron chi connectivity index (χ1n) is 2.69. The molecule has 1 radical (unpaired) electrons. The van der Waals surface area contributed by atoms with Gasteiger partial charge in [-0.1, -0.05) is 6.07 Å². The molecule has 2 nitrogen and oxygen atoms in total. The minimum Gasteiger partial charge on any atom is -0.192 e. The summed E-state index contributed by atoms with van der Waals surface area (Å²) in [6.45, 7) is 0. The zero-order valence-electron chi connectivity index (χ0n) is 5.13. The first kappa shape index (κ1) is 6.32. The van der Waals surface area contributed by atoms with Crippen LogP contribution in [0.1, 0.15) is 11.1 Å². The largest absolute Gasteiger partial charge is 0.192 e. The molecule has 0 aromatic heterocycles. The molecule has 0 unspecified atom stereocenters. The molecule has 0 aliphatic rings. The van der Waals surface area contributed by atoms with Gasteiger partial charge in [0.2, 0.25) is 0 Å². The Morgan fingerprint density at radius 2 is 1.90 bits per heavy atom. The van der Waals surface area contributed by atoms with Gasteiger partial charge < -0.3 is 0 Å². The fourth-order valence-electron chi connectivity index (χ4n) is 0.620. The Hall–Kier alpha value is -1.80. The average molecular weight is 127 g/mol. The fraction of sp³-hybridized carbons (Fsp3) is 0. The zero-order valence-corrected chi connectivity index (χ0v) is 5.13. The van der Waals surface area contributed by atoms with Gasteiger partial charge in [-0.05, 0) is 18.2 Å². The van der Waals surface area contributed by atoms with Gasteiger partial charge in [-0.15, -0.1) is 0 Å². The number of nitriles is 2. The van der Waals surface area contributed by atoms with Gasteiger partial charge in [0.05, 0.1) is 11.1 Å². The van der Waals surface area contributed by atoms with Crippen molar-refractivity contribution in [1.29, 1.82) is 10.5 Å². The van der Waals surface area contributed by atoms with Crippen LogP contribution in [0.2, 0.25) is 0 Å². The van der Waals surface area contributed by atoms with Crippen LogP contribution in [-0.4, -0.2) is 0 Å². The number of hydrogen-bond acceptors (Lipinski definition) is 2. The topological polar surface area (TPSA) is 47.6 Å². The van der Waals surface area contributed by atoms with E-state index in [-0.39, 0.29) is 0 Å². The number of benzene rings is 1. The lowest BCUT2D eigenvalue weighted by Crippen LogP contribution is -1.79. The molecule has 0 saturated carbocycles. The maximum Gasteiger partial charge on any atom is 0.101 e. The molecule has 1 rings (SSSR count). The van der Waals surface area contributed by atoms with Crippen molar-refractivity contribution in [2.45, 2.75) is 0 Å². The van der Waals surface area contributed by atoms with Gasteiger partial charge in [-0.25, -0.2) is 0 Å². The van der Waals surface area contributed by atoms with E-state index in [4.69, 9.17) is 10.5 Å². The van der Waals surface area contributed by atoms with Crippen molar-refractivity contribution in [1.82, 2.24) is 0 Å². The van der Waals surface area contributed by atoms with Crippen molar-refractivity contribution in [2.75, 3.05) is 0 Å². The second-order valence-electron chi connectivity index (χ2n) is 1.70. The summed E-state index contributed by atoms with van der Waals surface area (Å²) in [5.41, 5.74) is 0.784. The molecule has 0 atom stereocenters. The molecule has 0 saturated heterocycles. The normalized spacial score (nSPS) is 7.80. The molecule has 10 heavy (non-hydrogen) atoms. The first-order valence-corrected chi connectivity index (χ1v) is 2.69. The van der Waals surface area contributed by atoms with E-state index in [1.54, 1.807) is 12.1 Å². The van der Waals surface area contributed by atoms with Crippen molar-refractivity contribution in [3.63, 3.8) is 0 Å². The standard InChI is InChI=1S/C8H3N2/c9-5-7-3-1-2-4-8(7)6-10/h1,3-4H. The predicted molar refractivity (Wildman–Crippen MR) is 34.7 cm³/mol. The van der Waals surface area contributed by atoms with E-state index in [9.17, 15) is 0 Å². The number of rotatable bonds is 0. The van der Waals surface area contributed by atoms with E-state index >= 15 is 0 Å². The SMILES string of the molecule is N#Cc1c[c]ccc1C#N. The summed E-state index contributed by atoms with van der Waals surface area (Å²) in [5, 5.41) is 16.9. The van der Waals surface area contributed by atoms with Gasteiger partial charge in [0.25, 0.3) is 0 Å². The van der Waals surface area contributed by atoms with E-state index in [0.29, 0.717) is 11.1 Å². The van der Waals surface area contributed by atoms with Gasteiger partial charge in [0.15, 0.2) is 0 Å². The quantitative estimate of drug-likeness (QED) is 0.526. The molecule has 1 aromatic carbocycles. The Bertz CT molecular complexity index is 282. The van der Waals surface area contributed by atoms with Crippen molar-refractivity contribution in [3.8, 4) is 12.1 Å². The summed E-state index contributed by atoms with van der Waals surface area (Å²) in [5.74, 6) is 0. The first-order chi connectivity index (χ1) is 4.88. The van der Waals surface area contributed by atoms with Crippen molar-refractivity contribution < 1.29 is 0 Å². The highest BCUT2D eigenvalue weighted by molar-refractivity contribution is 5.44. The Kier molecular flexibility index (Phi) is 1.68. The summed E-state index contributed by atoms with van der Waals surface area (Å²) in [6, 6.07) is 11.2. The van der Waals surface area contributed by atoms with Crippen molar-refractivity contribution in [3.05, 3.63) is 35.4 Å². The fourth-order valence-corrected chi connectivity index (χ4v) is 0.620. The van der Waals surface area contributed by atoms with Crippen molar-refractivity contribution >= 4 is 0 Å². The van der Waals surface area contributed by atoms with E-state index in [2.05, 4.69) is 6.07 Å². The van der Waals surface area contributed by atoms with Crippen LogP contribution in [0.5, 0.6) is 0 Å². The molecule has 45 valence electrons. The average Bonchev–Trinajstić information content (AvgIpc) is 2.04. The Labute approximate surface area is 58.9 Å². The predicted octanol–water partition coefficient (Wildman–Crippen LogP) is 1.23. The van der Waals surface area contributed by atoms with Gasteiger partial charge in [0, 0.05) is 0 Å². The van der Waals surface area contributed by atoms with Crippen LogP contribution >= 0.6 is 0 Å². The molecule has 0 spiro atoms. The lowest BCUT2D eigenvalue weighted by molar-refractivity contribution is 1.43. The highest BCUT2D eigenvalue weighted by Crippen LogP contribution is 2.03. The maximum absolute atomic E-state index is 8.43. The molecule has 0 fully saturated rings. The second kappa shape index (κ2) is 2.66. The number of nitrogens with zero attached hydrogens (tertiary/aromatic N) is 2. The third kappa shape index (κ3) is 0.962. The molecule has 0 N–H and O–H groups in total. The van der Waals surface area contributed by atoms with Crippen LogP contribution in [0.4, 0.5) is 0 Å². The molecule has 0 aliphatic carbocycles. The Morgan fingerprint density at radius 1 is 1.20 bits per heavy atom. The van der Waals surface area contributed by atoms with Crippen LogP contribution in [-0.2, 0) is 0 Å². The summed E-state index contributed by atoms with van der Waals surface area (Å²) in [4.78, 5) is 0. The van der Waals surface area contributed by atoms with Gasteiger partial charge in [0.1, 0.15) is 12.1 Å². The molecular weight excluding hydrogens is 124 g/mol. The van der Waals surface area contributed by atoms with Crippen LogP contribution in [0.15, 0.2) is 18.2 Å². The maximum atomic E-state index is 8.43. The van der Waals surface area contributed by atoms with E-state index in [0.717, 1.165) is 0 Å². The molecule has 0 heterocycles. The molecule has 2 heteroatoms. The summed E-state index contributed by atoms with van der Waals surface area (Å²) in [6.07, 6.45) is 0. The minimum absolute atomic E-state index is 0.380. The lowest BCUT2D eigenvalue weighted by Gasteiger charge is -1.87. The van der Waals surface area contributed by atoms with E-state index in [1.807, 2.05) is 12.1 Å². The van der Waals surface area contributed by atoms with Crippen LogP contribution in [0, 0.1) is 28.7 Å². The van der Waals surface area contributed by atoms with Gasteiger partial charge >= 0.3 is 0 Å². The summed E-state index contributed by atoms with van der Waals surface area (Å²) >= 11 is 0. The highest BCUT2D eigenvalue weighted by Gasteiger charge is 1.95. The molecule has 0 amide bonds. The highest BCUT2D eigenvalue weighted by atomic mass is 14.3. The third-order valence-corrected chi connectivity index (χ3v) is 1.10. The van der Waals surface area contributed by atoms with Gasteiger partial charge in [-0.2, -0.15) is 10.5 Å². The summed E-state index contributed by atoms with van der Waals surface area (Å²) < 4.78 is 0. The Balaban J connectivity index is 3.28. The summed E-state index contributed by atoms with van der Waals surface area (Å²) in [7, 11) is 0. The molecular formula is C8H3N2. The number of hydrogen-bond donors (Lipinski definition) is 0. The smallest absolute Gasteiger partial charge is 0.101 e. The minimum atomic E-state index is 0.380. The monoisotopic (exact) mass is 127 g/mol. The van der Waals surface area contributed by atoms with Crippen LogP contribution < -0.4 is 0 Å². The van der Waals surface area contributed by atoms with E-state index < -0.39 is 0 Å².